The zero-order valence-corrected chi connectivity index (χ0v) is 15.6. The van der Waals surface area contributed by atoms with Crippen LogP contribution in [0.1, 0.15) is 22.5 Å². The zero-order chi connectivity index (χ0) is 21.3. The van der Waals surface area contributed by atoms with Crippen LogP contribution in [0.25, 0.3) is 16.9 Å². The van der Waals surface area contributed by atoms with Crippen molar-refractivity contribution in [3.8, 4) is 11.3 Å². The van der Waals surface area contributed by atoms with Crippen molar-refractivity contribution < 1.29 is 22.7 Å². The Morgan fingerprint density at radius 3 is 2.67 bits per heavy atom. The Balaban J connectivity index is 1.74. The minimum atomic E-state index is -2.86. The van der Waals surface area contributed by atoms with E-state index in [4.69, 9.17) is 4.74 Å². The molecule has 0 unspecified atom stereocenters. The number of hydrogen-bond acceptors (Lipinski definition) is 5. The summed E-state index contributed by atoms with van der Waals surface area (Å²) in [5.74, 6) is -1.06. The summed E-state index contributed by atoms with van der Waals surface area (Å²) < 4.78 is 47.8. The average molecular weight is 416 g/mol. The van der Waals surface area contributed by atoms with Gasteiger partial charge in [0.15, 0.2) is 5.65 Å². The number of benzene rings is 1. The third-order valence-corrected chi connectivity index (χ3v) is 4.26. The maximum atomic E-state index is 13.6. The average Bonchev–Trinajstić information content (AvgIpc) is 3.34. The van der Waals surface area contributed by atoms with E-state index in [1.165, 1.54) is 42.3 Å². The molecule has 4 rings (SSSR count). The van der Waals surface area contributed by atoms with Gasteiger partial charge in [0, 0.05) is 12.7 Å². The molecule has 4 aromatic rings. The molecular formula is C19H15F3N6O2. The Hall–Kier alpha value is -3.73. The molecule has 0 atom stereocenters. The lowest BCUT2D eigenvalue weighted by Gasteiger charge is -2.08. The SMILES string of the molecule is COCn1cc(NC(=O)c2cnn3c(C(F)F)cc(-c4ccc(F)cc4)nc23)cn1. The van der Waals surface area contributed by atoms with Crippen LogP contribution in [0, 0.1) is 5.82 Å². The highest BCUT2D eigenvalue weighted by Gasteiger charge is 2.22. The number of aromatic nitrogens is 5. The predicted molar refractivity (Wildman–Crippen MR) is 101 cm³/mol. The van der Waals surface area contributed by atoms with Gasteiger partial charge in [-0.1, -0.05) is 0 Å². The molecule has 0 radical (unpaired) electrons. The van der Waals surface area contributed by atoms with Gasteiger partial charge in [-0.05, 0) is 30.3 Å². The summed E-state index contributed by atoms with van der Waals surface area (Å²) in [4.78, 5) is 17.0. The second-order valence-corrected chi connectivity index (χ2v) is 6.31. The van der Waals surface area contributed by atoms with Gasteiger partial charge >= 0.3 is 0 Å². The number of carbonyl (C=O) groups is 1. The van der Waals surface area contributed by atoms with Crippen LogP contribution in [-0.2, 0) is 11.5 Å². The molecular weight excluding hydrogens is 401 g/mol. The van der Waals surface area contributed by atoms with Crippen LogP contribution in [0.4, 0.5) is 18.9 Å². The number of hydrogen-bond donors (Lipinski definition) is 1. The van der Waals surface area contributed by atoms with Gasteiger partial charge in [0.05, 0.1) is 30.0 Å². The first-order valence-electron chi connectivity index (χ1n) is 8.72. The molecule has 0 saturated heterocycles. The number of methoxy groups -OCH3 is 1. The van der Waals surface area contributed by atoms with E-state index in [1.807, 2.05) is 0 Å². The molecule has 154 valence electrons. The Labute approximate surface area is 167 Å². The monoisotopic (exact) mass is 416 g/mol. The van der Waals surface area contributed by atoms with E-state index in [0.29, 0.717) is 11.3 Å². The molecule has 3 aromatic heterocycles. The molecule has 0 saturated carbocycles. The van der Waals surface area contributed by atoms with Crippen molar-refractivity contribution in [3.63, 3.8) is 0 Å². The van der Waals surface area contributed by atoms with Crippen molar-refractivity contribution in [2.45, 2.75) is 13.2 Å². The Morgan fingerprint density at radius 1 is 1.20 bits per heavy atom. The molecule has 0 aliphatic heterocycles. The Morgan fingerprint density at radius 2 is 1.97 bits per heavy atom. The molecule has 3 heterocycles. The number of alkyl halides is 2. The smallest absolute Gasteiger partial charge is 0.280 e. The van der Waals surface area contributed by atoms with Crippen LogP contribution in [0.5, 0.6) is 0 Å². The van der Waals surface area contributed by atoms with Gasteiger partial charge in [-0.2, -0.15) is 10.2 Å². The molecule has 0 fully saturated rings. The number of nitrogens with one attached hydrogen (secondary N) is 1. The number of halogens is 3. The molecule has 0 spiro atoms. The molecule has 1 N–H and O–H groups in total. The van der Waals surface area contributed by atoms with Crippen molar-refractivity contribution >= 4 is 17.2 Å². The van der Waals surface area contributed by atoms with Crippen molar-refractivity contribution in [3.05, 3.63) is 66.0 Å². The standard InChI is InChI=1S/C19H15F3N6O2/c1-30-10-27-9-13(7-23-27)25-19(29)14-8-24-28-16(17(21)22)6-15(26-18(14)28)11-2-4-12(20)5-3-11/h2-9,17H,10H2,1H3,(H,25,29). The van der Waals surface area contributed by atoms with Gasteiger partial charge in [0.25, 0.3) is 12.3 Å². The largest absolute Gasteiger partial charge is 0.362 e. The molecule has 30 heavy (non-hydrogen) atoms. The number of anilines is 1. The first-order chi connectivity index (χ1) is 14.5. The zero-order valence-electron chi connectivity index (χ0n) is 15.6. The summed E-state index contributed by atoms with van der Waals surface area (Å²) in [5.41, 5.74) is 0.496. The van der Waals surface area contributed by atoms with Gasteiger partial charge in [-0.15, -0.1) is 0 Å². The lowest BCUT2D eigenvalue weighted by molar-refractivity contribution is 0.102. The lowest BCUT2D eigenvalue weighted by atomic mass is 10.1. The van der Waals surface area contributed by atoms with Crippen LogP contribution in [0.15, 0.2) is 48.9 Å². The molecule has 0 bridgehead atoms. The van der Waals surface area contributed by atoms with E-state index in [2.05, 4.69) is 20.5 Å². The van der Waals surface area contributed by atoms with Crippen molar-refractivity contribution in [2.24, 2.45) is 0 Å². The van der Waals surface area contributed by atoms with E-state index < -0.39 is 23.8 Å². The molecule has 8 nitrogen and oxygen atoms in total. The number of carbonyl (C=O) groups excluding carboxylic acids is 1. The van der Waals surface area contributed by atoms with Gasteiger partial charge in [-0.25, -0.2) is 27.4 Å². The second-order valence-electron chi connectivity index (χ2n) is 6.31. The van der Waals surface area contributed by atoms with E-state index in [1.54, 1.807) is 6.20 Å². The van der Waals surface area contributed by atoms with E-state index in [0.717, 1.165) is 16.8 Å². The first kappa shape index (κ1) is 19.6. The summed E-state index contributed by atoms with van der Waals surface area (Å²) in [6, 6.07) is 6.40. The number of ether oxygens (including phenoxy) is 1. The lowest BCUT2D eigenvalue weighted by Crippen LogP contribution is -2.12. The molecule has 1 aromatic carbocycles. The van der Waals surface area contributed by atoms with Crippen LogP contribution < -0.4 is 5.32 Å². The number of amides is 1. The fraction of sp³-hybridized carbons (Fsp3) is 0.158. The molecule has 0 aliphatic rings. The van der Waals surface area contributed by atoms with E-state index in [-0.39, 0.29) is 23.6 Å². The summed E-state index contributed by atoms with van der Waals surface area (Å²) in [5, 5.41) is 10.5. The summed E-state index contributed by atoms with van der Waals surface area (Å²) >= 11 is 0. The summed E-state index contributed by atoms with van der Waals surface area (Å²) in [6.07, 6.45) is 1.27. The number of rotatable bonds is 6. The Kier molecular flexibility index (Phi) is 5.19. The topological polar surface area (TPSA) is 86.3 Å². The number of nitrogens with zero attached hydrogens (tertiary/aromatic N) is 5. The van der Waals surface area contributed by atoms with Crippen molar-refractivity contribution in [2.75, 3.05) is 12.4 Å². The highest BCUT2D eigenvalue weighted by molar-refractivity contribution is 6.08. The second kappa shape index (κ2) is 7.95. The normalized spacial score (nSPS) is 11.4. The van der Waals surface area contributed by atoms with Crippen LogP contribution in [0.3, 0.4) is 0 Å². The van der Waals surface area contributed by atoms with Gasteiger partial charge in [0.1, 0.15) is 23.8 Å². The number of fused-ring (bicyclic) bond motifs is 1. The van der Waals surface area contributed by atoms with Crippen LogP contribution >= 0.6 is 0 Å². The summed E-state index contributed by atoms with van der Waals surface area (Å²) in [7, 11) is 1.50. The minimum Gasteiger partial charge on any atom is -0.362 e. The van der Waals surface area contributed by atoms with Crippen molar-refractivity contribution in [1.29, 1.82) is 0 Å². The van der Waals surface area contributed by atoms with Gasteiger partial charge < -0.3 is 10.1 Å². The third-order valence-electron chi connectivity index (χ3n) is 4.26. The van der Waals surface area contributed by atoms with Gasteiger partial charge in [0.2, 0.25) is 0 Å². The molecule has 11 heteroatoms. The van der Waals surface area contributed by atoms with E-state index >= 15 is 0 Å². The molecule has 0 aliphatic carbocycles. The maximum Gasteiger partial charge on any atom is 0.280 e. The fourth-order valence-corrected chi connectivity index (χ4v) is 2.90. The third kappa shape index (κ3) is 3.74. The van der Waals surface area contributed by atoms with Crippen LogP contribution in [0.2, 0.25) is 0 Å². The quantitative estimate of drug-likeness (QED) is 0.520. The van der Waals surface area contributed by atoms with Crippen LogP contribution in [-0.4, -0.2) is 37.4 Å². The summed E-state index contributed by atoms with van der Waals surface area (Å²) in [6.45, 7) is 0.201. The maximum absolute atomic E-state index is 13.6. The highest BCUT2D eigenvalue weighted by Crippen LogP contribution is 2.27. The fourth-order valence-electron chi connectivity index (χ4n) is 2.90. The van der Waals surface area contributed by atoms with Crippen molar-refractivity contribution in [1.82, 2.24) is 24.4 Å². The first-order valence-corrected chi connectivity index (χ1v) is 8.72. The predicted octanol–water partition coefficient (Wildman–Crippen LogP) is 3.53. The van der Waals surface area contributed by atoms with Gasteiger partial charge in [-0.3, -0.25) is 4.79 Å². The highest BCUT2D eigenvalue weighted by atomic mass is 19.3. The molecule has 1 amide bonds. The minimum absolute atomic E-state index is 0.000327. The Bertz CT molecular complexity index is 1200. The van der Waals surface area contributed by atoms with E-state index in [9.17, 15) is 18.0 Å².